The van der Waals surface area contributed by atoms with E-state index in [2.05, 4.69) is 4.98 Å². The zero-order valence-corrected chi connectivity index (χ0v) is 17.1. The van der Waals surface area contributed by atoms with E-state index in [-0.39, 0.29) is 29.9 Å². The summed E-state index contributed by atoms with van der Waals surface area (Å²) in [4.78, 5) is 41.2. The number of aromatic nitrogens is 1. The molecule has 1 spiro atoms. The molecule has 2 aliphatic heterocycles. The molecule has 1 atom stereocenters. The van der Waals surface area contributed by atoms with Gasteiger partial charge in [0.25, 0.3) is 6.47 Å². The van der Waals surface area contributed by atoms with Gasteiger partial charge >= 0.3 is 5.97 Å². The van der Waals surface area contributed by atoms with E-state index in [0.29, 0.717) is 43.9 Å². The van der Waals surface area contributed by atoms with Gasteiger partial charge in [-0.15, -0.1) is 11.3 Å². The van der Waals surface area contributed by atoms with Crippen molar-refractivity contribution in [3.8, 4) is 0 Å². The van der Waals surface area contributed by atoms with Crippen molar-refractivity contribution in [1.82, 2.24) is 14.8 Å². The van der Waals surface area contributed by atoms with Crippen LogP contribution in [0.15, 0.2) is 5.38 Å². The van der Waals surface area contributed by atoms with Crippen LogP contribution in [0, 0.1) is 5.41 Å². The molecule has 1 aromatic heterocycles. The molecule has 0 radical (unpaired) electrons. The van der Waals surface area contributed by atoms with Crippen molar-refractivity contribution < 1.29 is 24.2 Å². The number of nitrogens with zero attached hydrogens (tertiary/aromatic N) is 3. The third-order valence-corrected chi connectivity index (χ3v) is 5.85. The standard InChI is InChI=1S/C17H26N4O3S.CH2O2/c1-20(2)10-13-9-17(15(23)24-13)5-7-21(8-6-17)14(22)4-3-12-11-25-16(18)19-12;2-1-3/h11,13H,3-10H2,1-2H3,(H2,18,19);1H,(H,2,3). The fourth-order valence-electron chi connectivity index (χ4n) is 3.77. The highest BCUT2D eigenvalue weighted by molar-refractivity contribution is 7.13. The summed E-state index contributed by atoms with van der Waals surface area (Å²) < 4.78 is 5.57. The Labute approximate surface area is 168 Å². The van der Waals surface area contributed by atoms with Crippen LogP contribution in [0.3, 0.4) is 0 Å². The Morgan fingerprint density at radius 3 is 2.68 bits per heavy atom. The molecule has 2 fully saturated rings. The summed E-state index contributed by atoms with van der Waals surface area (Å²) in [6.45, 7) is 1.76. The summed E-state index contributed by atoms with van der Waals surface area (Å²) in [5.41, 5.74) is 6.10. The lowest BCUT2D eigenvalue weighted by molar-refractivity contribution is -0.152. The molecular weight excluding hydrogens is 384 g/mol. The number of likely N-dealkylation sites (tertiary alicyclic amines) is 1. The second-order valence-electron chi connectivity index (χ2n) is 7.44. The minimum Gasteiger partial charge on any atom is -0.483 e. The number of piperidine rings is 1. The first-order valence-corrected chi connectivity index (χ1v) is 10.1. The maximum atomic E-state index is 12.4. The molecule has 3 N–H and O–H groups in total. The number of anilines is 1. The number of hydrogen-bond acceptors (Lipinski definition) is 8. The van der Waals surface area contributed by atoms with E-state index in [0.717, 1.165) is 18.7 Å². The largest absolute Gasteiger partial charge is 0.483 e. The van der Waals surface area contributed by atoms with Crippen LogP contribution in [-0.4, -0.2) is 78.1 Å². The molecule has 10 heteroatoms. The van der Waals surface area contributed by atoms with Crippen molar-refractivity contribution in [2.45, 2.75) is 38.2 Å². The Kier molecular flexibility index (Phi) is 7.76. The number of likely N-dealkylation sites (N-methyl/N-ethyl adjacent to an activating group) is 1. The Balaban J connectivity index is 0.000000878. The second-order valence-corrected chi connectivity index (χ2v) is 8.33. The maximum Gasteiger partial charge on any atom is 0.312 e. The number of amides is 1. The fraction of sp³-hybridized carbons (Fsp3) is 0.667. The third kappa shape index (κ3) is 5.65. The normalized spacial score (nSPS) is 20.6. The van der Waals surface area contributed by atoms with Gasteiger partial charge in [-0.05, 0) is 33.4 Å². The Bertz CT molecular complexity index is 685. The van der Waals surface area contributed by atoms with Gasteiger partial charge < -0.3 is 25.4 Å². The Morgan fingerprint density at radius 1 is 1.50 bits per heavy atom. The first-order valence-electron chi connectivity index (χ1n) is 9.21. The molecule has 2 saturated heterocycles. The van der Waals surface area contributed by atoms with Gasteiger partial charge in [0.2, 0.25) is 5.91 Å². The first-order chi connectivity index (χ1) is 13.3. The summed E-state index contributed by atoms with van der Waals surface area (Å²) in [5, 5.41) is 9.32. The number of hydrogen-bond donors (Lipinski definition) is 2. The van der Waals surface area contributed by atoms with Gasteiger partial charge in [-0.2, -0.15) is 0 Å². The molecule has 1 unspecified atom stereocenters. The minimum absolute atomic E-state index is 0.0279. The maximum absolute atomic E-state index is 12.4. The highest BCUT2D eigenvalue weighted by atomic mass is 32.1. The monoisotopic (exact) mass is 412 g/mol. The van der Waals surface area contributed by atoms with E-state index in [1.165, 1.54) is 11.3 Å². The van der Waals surface area contributed by atoms with Crippen molar-refractivity contribution in [2.75, 3.05) is 39.5 Å². The van der Waals surface area contributed by atoms with Crippen molar-refractivity contribution in [3.05, 3.63) is 11.1 Å². The predicted molar refractivity (Wildman–Crippen MR) is 105 cm³/mol. The average Bonchev–Trinajstić information content (AvgIpc) is 3.17. The van der Waals surface area contributed by atoms with Gasteiger partial charge in [0.05, 0.1) is 11.1 Å². The van der Waals surface area contributed by atoms with Crippen LogP contribution in [-0.2, 0) is 25.5 Å². The van der Waals surface area contributed by atoms with Gasteiger partial charge in [-0.1, -0.05) is 0 Å². The number of aryl methyl sites for hydroxylation is 1. The number of carbonyl (C=O) groups excluding carboxylic acids is 2. The molecule has 2 aliphatic rings. The number of nitrogen functional groups attached to an aromatic ring is 1. The minimum atomic E-state index is -0.388. The number of carboxylic acid groups (broad SMARTS) is 1. The number of rotatable bonds is 5. The van der Waals surface area contributed by atoms with Crippen LogP contribution >= 0.6 is 11.3 Å². The van der Waals surface area contributed by atoms with Crippen molar-refractivity contribution in [1.29, 1.82) is 0 Å². The number of thiazole rings is 1. The van der Waals surface area contributed by atoms with Gasteiger partial charge in [-0.3, -0.25) is 14.4 Å². The number of carbonyl (C=O) groups is 3. The van der Waals surface area contributed by atoms with Gasteiger partial charge in [0.1, 0.15) is 6.10 Å². The van der Waals surface area contributed by atoms with Crippen molar-refractivity contribution in [3.63, 3.8) is 0 Å². The van der Waals surface area contributed by atoms with Crippen molar-refractivity contribution in [2.24, 2.45) is 5.41 Å². The third-order valence-electron chi connectivity index (χ3n) is 5.13. The summed E-state index contributed by atoms with van der Waals surface area (Å²) in [6, 6.07) is 0. The van der Waals surface area contributed by atoms with Gasteiger partial charge in [0, 0.05) is 37.9 Å². The SMILES string of the molecule is CN(C)CC1CC2(CCN(C(=O)CCc3csc(N)n3)CC2)C(=O)O1.O=CO. The number of ether oxygens (including phenoxy) is 1. The average molecular weight is 413 g/mol. The lowest BCUT2D eigenvalue weighted by atomic mass is 9.76. The topological polar surface area (TPSA) is 126 Å². The Hall–Kier alpha value is -2.20. The van der Waals surface area contributed by atoms with Crippen LogP contribution < -0.4 is 5.73 Å². The lowest BCUT2D eigenvalue weighted by Crippen LogP contribution is -2.45. The molecule has 28 heavy (non-hydrogen) atoms. The smallest absolute Gasteiger partial charge is 0.312 e. The predicted octanol–water partition coefficient (Wildman–Crippen LogP) is 0.845. The molecule has 156 valence electrons. The van der Waals surface area contributed by atoms with Crippen LogP contribution in [0.25, 0.3) is 0 Å². The fourth-order valence-corrected chi connectivity index (χ4v) is 4.37. The van der Waals surface area contributed by atoms with E-state index in [9.17, 15) is 9.59 Å². The summed E-state index contributed by atoms with van der Waals surface area (Å²) in [5.74, 6) is 0.0435. The molecule has 9 nitrogen and oxygen atoms in total. The number of cyclic esters (lactones) is 1. The summed E-state index contributed by atoms with van der Waals surface area (Å²) >= 11 is 1.40. The molecule has 3 heterocycles. The first kappa shape index (κ1) is 22.1. The zero-order valence-electron chi connectivity index (χ0n) is 16.3. The molecular formula is C18H28N4O5S. The van der Waals surface area contributed by atoms with E-state index in [4.69, 9.17) is 20.4 Å². The van der Waals surface area contributed by atoms with Gasteiger partial charge in [-0.25, -0.2) is 4.98 Å². The number of esters is 1. The van der Waals surface area contributed by atoms with Crippen LogP contribution in [0.1, 0.15) is 31.4 Å². The van der Waals surface area contributed by atoms with E-state index < -0.39 is 0 Å². The summed E-state index contributed by atoms with van der Waals surface area (Å²) in [6.07, 6.45) is 3.19. The van der Waals surface area contributed by atoms with E-state index >= 15 is 0 Å². The molecule has 0 aromatic carbocycles. The van der Waals surface area contributed by atoms with Gasteiger partial charge in [0.15, 0.2) is 5.13 Å². The Morgan fingerprint density at radius 2 is 2.14 bits per heavy atom. The quantitative estimate of drug-likeness (QED) is 0.538. The highest BCUT2D eigenvalue weighted by Crippen LogP contribution is 2.43. The van der Waals surface area contributed by atoms with E-state index in [1.807, 2.05) is 29.3 Å². The lowest BCUT2D eigenvalue weighted by Gasteiger charge is -2.36. The number of nitrogens with two attached hydrogens (primary N) is 1. The zero-order chi connectivity index (χ0) is 20.7. The highest BCUT2D eigenvalue weighted by Gasteiger charge is 2.50. The molecule has 0 saturated carbocycles. The molecule has 0 bridgehead atoms. The molecule has 0 aliphatic carbocycles. The van der Waals surface area contributed by atoms with Crippen molar-refractivity contribution >= 4 is 34.8 Å². The molecule has 1 amide bonds. The van der Waals surface area contributed by atoms with Crippen LogP contribution in [0.5, 0.6) is 0 Å². The second kappa shape index (κ2) is 9.83. The van der Waals surface area contributed by atoms with Crippen LogP contribution in [0.2, 0.25) is 0 Å². The molecule has 3 rings (SSSR count). The van der Waals surface area contributed by atoms with E-state index in [1.54, 1.807) is 0 Å². The van der Waals surface area contributed by atoms with Crippen LogP contribution in [0.4, 0.5) is 5.13 Å². The summed E-state index contributed by atoms with van der Waals surface area (Å²) in [7, 11) is 3.96. The molecule has 1 aromatic rings.